The molecule has 1 atom stereocenters. The van der Waals surface area contributed by atoms with E-state index in [1.807, 2.05) is 0 Å². The normalized spacial score (nSPS) is 15.3. The van der Waals surface area contributed by atoms with Gasteiger partial charge in [-0.05, 0) is 62.0 Å². The molecule has 3 aromatic rings. The summed E-state index contributed by atoms with van der Waals surface area (Å²) in [6.07, 6.45) is 0.761. The lowest BCUT2D eigenvalue weighted by atomic mass is 9.97. The lowest BCUT2D eigenvalue weighted by Gasteiger charge is -2.26. The van der Waals surface area contributed by atoms with Gasteiger partial charge < -0.3 is 19.0 Å². The van der Waals surface area contributed by atoms with Crippen LogP contribution in [0.3, 0.4) is 0 Å². The number of halogens is 1. The van der Waals surface area contributed by atoms with E-state index in [9.17, 15) is 14.4 Å². The molecule has 8 heteroatoms. The number of hydrogen-bond donors (Lipinski definition) is 0. The highest BCUT2D eigenvalue weighted by Crippen LogP contribution is 2.38. The summed E-state index contributed by atoms with van der Waals surface area (Å²) in [6.45, 7) is 7.41. The Hall–Kier alpha value is -2.97. The van der Waals surface area contributed by atoms with Crippen LogP contribution in [0.15, 0.2) is 56.1 Å². The number of amides is 1. The van der Waals surface area contributed by atoms with Gasteiger partial charge >= 0.3 is 5.97 Å². The van der Waals surface area contributed by atoms with Gasteiger partial charge in [-0.3, -0.25) is 9.59 Å². The molecule has 1 amide bonds. The molecule has 178 valence electrons. The third-order valence-electron chi connectivity index (χ3n) is 6.34. The average molecular weight is 527 g/mol. The zero-order valence-electron chi connectivity index (χ0n) is 19.5. The summed E-state index contributed by atoms with van der Waals surface area (Å²) in [7, 11) is 1.33. The summed E-state index contributed by atoms with van der Waals surface area (Å²) in [5.74, 6) is -0.649. The maximum absolute atomic E-state index is 13.6. The highest BCUT2D eigenvalue weighted by atomic mass is 79.9. The van der Waals surface area contributed by atoms with Gasteiger partial charge in [0.15, 0.2) is 5.43 Å². The molecule has 0 unspecified atom stereocenters. The fraction of sp³-hybridized carbons (Fsp3) is 0.346. The van der Waals surface area contributed by atoms with Crippen molar-refractivity contribution in [3.8, 4) is 0 Å². The number of nitrogens with zero attached hydrogens (tertiary/aromatic N) is 2. The first-order valence-corrected chi connectivity index (χ1v) is 12.2. The van der Waals surface area contributed by atoms with E-state index in [4.69, 9.17) is 9.15 Å². The Labute approximate surface area is 206 Å². The molecule has 0 fully saturated rings. The zero-order valence-corrected chi connectivity index (χ0v) is 21.1. The van der Waals surface area contributed by atoms with Crippen LogP contribution in [0.2, 0.25) is 0 Å². The van der Waals surface area contributed by atoms with Crippen molar-refractivity contribution in [1.29, 1.82) is 0 Å². The first-order chi connectivity index (χ1) is 16.4. The largest absolute Gasteiger partial charge is 0.465 e. The molecule has 7 nitrogen and oxygen atoms in total. The van der Waals surface area contributed by atoms with Crippen LogP contribution in [0.25, 0.3) is 11.0 Å². The molecule has 34 heavy (non-hydrogen) atoms. The zero-order chi connectivity index (χ0) is 24.4. The van der Waals surface area contributed by atoms with Crippen LogP contribution in [0.4, 0.5) is 0 Å². The smallest absolute Gasteiger partial charge is 0.337 e. The predicted molar refractivity (Wildman–Crippen MR) is 133 cm³/mol. The molecule has 0 radical (unpaired) electrons. The van der Waals surface area contributed by atoms with Crippen LogP contribution in [0.1, 0.15) is 58.3 Å². The standard InChI is InChI=1S/C26H27BrN2O5/c1-4-28(5-2)13-6-14-29-22(16-7-9-17(10-8-16)26(32)33-3)21-23(30)19-15-18(27)11-12-20(19)34-24(21)25(29)31/h7-12,15,22H,4-6,13-14H2,1-3H3/t22-/m1/s1. The number of rotatable bonds is 8. The van der Waals surface area contributed by atoms with Crippen LogP contribution in [0, 0.1) is 0 Å². The second kappa shape index (κ2) is 10.1. The second-order valence-electron chi connectivity index (χ2n) is 8.21. The van der Waals surface area contributed by atoms with Crippen molar-refractivity contribution in [2.75, 3.05) is 33.3 Å². The Morgan fingerprint density at radius 3 is 2.47 bits per heavy atom. The van der Waals surface area contributed by atoms with Crippen molar-refractivity contribution in [1.82, 2.24) is 9.80 Å². The number of fused-ring (bicyclic) bond motifs is 2. The molecule has 1 aliphatic rings. The molecule has 4 rings (SSSR count). The van der Waals surface area contributed by atoms with Crippen molar-refractivity contribution in [3.63, 3.8) is 0 Å². The minimum atomic E-state index is -0.592. The van der Waals surface area contributed by atoms with Crippen LogP contribution in [0.5, 0.6) is 0 Å². The Morgan fingerprint density at radius 2 is 1.82 bits per heavy atom. The van der Waals surface area contributed by atoms with Crippen molar-refractivity contribution in [2.24, 2.45) is 0 Å². The molecule has 1 aromatic heterocycles. The number of methoxy groups -OCH3 is 1. The van der Waals surface area contributed by atoms with Gasteiger partial charge in [0.05, 0.1) is 29.7 Å². The number of esters is 1. The number of hydrogen-bond acceptors (Lipinski definition) is 6. The second-order valence-corrected chi connectivity index (χ2v) is 9.13. The minimum Gasteiger partial charge on any atom is -0.465 e. The molecule has 2 heterocycles. The molecule has 0 saturated carbocycles. The third-order valence-corrected chi connectivity index (χ3v) is 6.84. The monoisotopic (exact) mass is 526 g/mol. The number of carbonyl (C=O) groups excluding carboxylic acids is 2. The predicted octanol–water partition coefficient (Wildman–Crippen LogP) is 4.62. The highest BCUT2D eigenvalue weighted by molar-refractivity contribution is 9.10. The molecule has 0 saturated heterocycles. The van der Waals surface area contributed by atoms with Gasteiger partial charge in [0.2, 0.25) is 5.76 Å². The molecule has 2 aromatic carbocycles. The molecule has 1 aliphatic heterocycles. The van der Waals surface area contributed by atoms with E-state index in [0.717, 1.165) is 36.1 Å². The number of ether oxygens (including phenoxy) is 1. The fourth-order valence-electron chi connectivity index (χ4n) is 4.49. The Morgan fingerprint density at radius 1 is 1.12 bits per heavy atom. The van der Waals surface area contributed by atoms with E-state index in [1.54, 1.807) is 47.4 Å². The van der Waals surface area contributed by atoms with Gasteiger partial charge in [-0.2, -0.15) is 0 Å². The fourth-order valence-corrected chi connectivity index (χ4v) is 4.85. The van der Waals surface area contributed by atoms with E-state index in [0.29, 0.717) is 28.6 Å². The van der Waals surface area contributed by atoms with Gasteiger partial charge in [0.1, 0.15) is 5.58 Å². The topological polar surface area (TPSA) is 80.1 Å². The SMILES string of the molecule is CCN(CC)CCCN1C(=O)c2oc3ccc(Br)cc3c(=O)c2[C@H]1c1ccc(C(=O)OC)cc1. The summed E-state index contributed by atoms with van der Waals surface area (Å²) in [6, 6.07) is 11.4. The highest BCUT2D eigenvalue weighted by Gasteiger charge is 2.42. The quantitative estimate of drug-likeness (QED) is 0.398. The van der Waals surface area contributed by atoms with E-state index in [2.05, 4.69) is 34.7 Å². The lowest BCUT2D eigenvalue weighted by molar-refractivity contribution is 0.0599. The first kappa shape index (κ1) is 24.2. The third kappa shape index (κ3) is 4.40. The Kier molecular flexibility index (Phi) is 7.19. The lowest BCUT2D eigenvalue weighted by Crippen LogP contribution is -2.33. The van der Waals surface area contributed by atoms with E-state index < -0.39 is 12.0 Å². The molecular formula is C26H27BrN2O5. The molecule has 0 spiro atoms. The first-order valence-electron chi connectivity index (χ1n) is 11.4. The van der Waals surface area contributed by atoms with Crippen LogP contribution in [-0.4, -0.2) is 55.0 Å². The van der Waals surface area contributed by atoms with Crippen molar-refractivity contribution in [3.05, 3.63) is 79.6 Å². The summed E-state index contributed by atoms with van der Waals surface area (Å²) in [5.41, 5.74) is 1.64. The Balaban J connectivity index is 1.79. The van der Waals surface area contributed by atoms with Crippen molar-refractivity contribution in [2.45, 2.75) is 26.3 Å². The summed E-state index contributed by atoms with van der Waals surface area (Å²) in [5, 5.41) is 0.419. The maximum atomic E-state index is 13.6. The van der Waals surface area contributed by atoms with Gasteiger partial charge in [-0.25, -0.2) is 4.79 Å². The van der Waals surface area contributed by atoms with Gasteiger partial charge in [0.25, 0.3) is 5.91 Å². The number of benzene rings is 2. The van der Waals surface area contributed by atoms with E-state index in [-0.39, 0.29) is 17.1 Å². The Bertz CT molecular complexity index is 1280. The molecular weight excluding hydrogens is 500 g/mol. The number of carbonyl (C=O) groups is 2. The molecule has 0 bridgehead atoms. The van der Waals surface area contributed by atoms with Gasteiger partial charge in [0, 0.05) is 11.0 Å². The van der Waals surface area contributed by atoms with E-state index in [1.165, 1.54) is 7.11 Å². The van der Waals surface area contributed by atoms with Crippen LogP contribution < -0.4 is 5.43 Å². The molecule has 0 N–H and O–H groups in total. The average Bonchev–Trinajstić information content (AvgIpc) is 3.13. The van der Waals surface area contributed by atoms with Gasteiger partial charge in [-0.15, -0.1) is 0 Å². The van der Waals surface area contributed by atoms with Crippen molar-refractivity contribution >= 4 is 38.8 Å². The maximum Gasteiger partial charge on any atom is 0.337 e. The summed E-state index contributed by atoms with van der Waals surface area (Å²) < 4.78 is 11.5. The summed E-state index contributed by atoms with van der Waals surface area (Å²) in [4.78, 5) is 43.0. The van der Waals surface area contributed by atoms with Crippen molar-refractivity contribution < 1.29 is 18.7 Å². The molecule has 0 aliphatic carbocycles. The van der Waals surface area contributed by atoms with Crippen LogP contribution in [-0.2, 0) is 4.74 Å². The van der Waals surface area contributed by atoms with E-state index >= 15 is 0 Å². The van der Waals surface area contributed by atoms with Gasteiger partial charge in [-0.1, -0.05) is 41.9 Å². The summed E-state index contributed by atoms with van der Waals surface area (Å²) >= 11 is 3.41. The van der Waals surface area contributed by atoms with Crippen LogP contribution >= 0.6 is 15.9 Å². The minimum absolute atomic E-state index is 0.0877.